The van der Waals surface area contributed by atoms with E-state index >= 15 is 0 Å². The zero-order valence-corrected chi connectivity index (χ0v) is 6.73. The van der Waals surface area contributed by atoms with Crippen LogP contribution in [0.2, 0.25) is 0 Å². The van der Waals surface area contributed by atoms with Crippen molar-refractivity contribution in [3.63, 3.8) is 0 Å². The summed E-state index contributed by atoms with van der Waals surface area (Å²) in [6, 6.07) is 0. The Hall–Kier alpha value is -1.63. The fourth-order valence-electron chi connectivity index (χ4n) is 0.666. The minimum absolute atomic E-state index is 0.191. The molecule has 12 heavy (non-hydrogen) atoms. The van der Waals surface area contributed by atoms with Crippen LogP contribution in [0.5, 0.6) is 0 Å². The lowest BCUT2D eigenvalue weighted by atomic mass is 10.5. The van der Waals surface area contributed by atoms with Gasteiger partial charge >= 0.3 is 0 Å². The van der Waals surface area contributed by atoms with Crippen LogP contribution in [0.25, 0.3) is 0 Å². The van der Waals surface area contributed by atoms with E-state index < -0.39 is 0 Å². The van der Waals surface area contributed by atoms with Gasteiger partial charge in [-0.1, -0.05) is 5.21 Å². The van der Waals surface area contributed by atoms with E-state index in [1.54, 1.807) is 17.9 Å². The number of rotatable bonds is 2. The number of aryl methyl sites for hydroxylation is 1. The number of aromatic nitrogens is 3. The van der Waals surface area contributed by atoms with Crippen molar-refractivity contribution >= 4 is 5.96 Å². The number of hydrogen-bond acceptors (Lipinski definition) is 4. The molecule has 0 unspecified atom stereocenters. The van der Waals surface area contributed by atoms with E-state index in [1.165, 1.54) is 0 Å². The highest BCUT2D eigenvalue weighted by Gasteiger charge is 1.97. The SMILES string of the molecule is Cn1nncc1CN=C(N)NN. The molecule has 1 aromatic heterocycles. The average Bonchev–Trinajstić information content (AvgIpc) is 2.47. The van der Waals surface area contributed by atoms with Crippen molar-refractivity contribution in [2.24, 2.45) is 23.6 Å². The van der Waals surface area contributed by atoms with Gasteiger partial charge in [0, 0.05) is 7.05 Å². The molecule has 1 rings (SSSR count). The summed E-state index contributed by atoms with van der Waals surface area (Å²) in [4.78, 5) is 3.90. The van der Waals surface area contributed by atoms with Gasteiger partial charge in [0.1, 0.15) is 0 Å². The van der Waals surface area contributed by atoms with Gasteiger partial charge in [0.25, 0.3) is 0 Å². The Morgan fingerprint density at radius 3 is 3.08 bits per heavy atom. The van der Waals surface area contributed by atoms with Crippen LogP contribution in [0, 0.1) is 0 Å². The molecule has 0 aliphatic carbocycles. The molecule has 0 saturated heterocycles. The van der Waals surface area contributed by atoms with Gasteiger partial charge < -0.3 is 5.73 Å². The Labute approximate surface area is 69.4 Å². The second-order valence-corrected chi connectivity index (χ2v) is 2.19. The van der Waals surface area contributed by atoms with E-state index in [1.807, 2.05) is 0 Å². The number of hydrogen-bond donors (Lipinski definition) is 3. The predicted octanol–water partition coefficient (Wildman–Crippen LogP) is -1.91. The van der Waals surface area contributed by atoms with E-state index in [-0.39, 0.29) is 5.96 Å². The molecule has 0 radical (unpaired) electrons. The largest absolute Gasteiger partial charge is 0.369 e. The standard InChI is InChI=1S/C5H11N7/c1-12-4(3-9-11-12)2-8-5(6)10-7/h3H,2,7H2,1H3,(H3,6,8,10). The van der Waals surface area contributed by atoms with E-state index in [2.05, 4.69) is 20.7 Å². The lowest BCUT2D eigenvalue weighted by molar-refractivity contribution is 0.677. The van der Waals surface area contributed by atoms with Gasteiger partial charge in [-0.25, -0.2) is 10.8 Å². The summed E-state index contributed by atoms with van der Waals surface area (Å²) in [5.41, 5.74) is 8.40. The lowest BCUT2D eigenvalue weighted by Gasteiger charge is -1.98. The van der Waals surface area contributed by atoms with Gasteiger partial charge in [-0.3, -0.25) is 10.1 Å². The number of aliphatic imine (C=N–C) groups is 1. The molecule has 0 fully saturated rings. The van der Waals surface area contributed by atoms with Crippen molar-refractivity contribution in [1.29, 1.82) is 0 Å². The Balaban J connectivity index is 2.59. The smallest absolute Gasteiger partial charge is 0.203 e. The second-order valence-electron chi connectivity index (χ2n) is 2.19. The van der Waals surface area contributed by atoms with Gasteiger partial charge in [0.2, 0.25) is 5.96 Å². The van der Waals surface area contributed by atoms with Crippen molar-refractivity contribution < 1.29 is 0 Å². The quantitative estimate of drug-likeness (QED) is 0.207. The summed E-state index contributed by atoms with van der Waals surface area (Å²) in [5.74, 6) is 5.20. The highest BCUT2D eigenvalue weighted by Crippen LogP contribution is 1.94. The number of nitrogens with one attached hydrogen (secondary N) is 1. The highest BCUT2D eigenvalue weighted by atomic mass is 15.4. The van der Waals surface area contributed by atoms with Crippen molar-refractivity contribution in [2.75, 3.05) is 0 Å². The fraction of sp³-hybridized carbons (Fsp3) is 0.400. The maximum absolute atomic E-state index is 5.30. The Bertz CT molecular complexity index is 275. The molecule has 7 nitrogen and oxygen atoms in total. The molecule has 0 aliphatic rings. The van der Waals surface area contributed by atoms with Crippen molar-refractivity contribution in [1.82, 2.24) is 20.4 Å². The molecular weight excluding hydrogens is 158 g/mol. The van der Waals surface area contributed by atoms with Crippen molar-refractivity contribution in [3.8, 4) is 0 Å². The molecule has 0 bridgehead atoms. The first-order valence-electron chi connectivity index (χ1n) is 3.34. The minimum Gasteiger partial charge on any atom is -0.369 e. The number of nitrogens with two attached hydrogens (primary N) is 2. The van der Waals surface area contributed by atoms with E-state index in [4.69, 9.17) is 11.6 Å². The Morgan fingerprint density at radius 2 is 2.58 bits per heavy atom. The molecular formula is C5H11N7. The Morgan fingerprint density at radius 1 is 1.83 bits per heavy atom. The van der Waals surface area contributed by atoms with Gasteiger partial charge in [-0.2, -0.15) is 0 Å². The maximum atomic E-state index is 5.30. The maximum Gasteiger partial charge on any atom is 0.203 e. The molecule has 1 aromatic rings. The predicted molar refractivity (Wildman–Crippen MR) is 43.7 cm³/mol. The van der Waals surface area contributed by atoms with Crippen LogP contribution in [-0.2, 0) is 13.6 Å². The average molecular weight is 169 g/mol. The van der Waals surface area contributed by atoms with E-state index in [0.717, 1.165) is 5.69 Å². The number of hydrazine groups is 1. The van der Waals surface area contributed by atoms with E-state index in [9.17, 15) is 0 Å². The van der Waals surface area contributed by atoms with Gasteiger partial charge in [0.15, 0.2) is 0 Å². The molecule has 0 spiro atoms. The summed E-state index contributed by atoms with van der Waals surface area (Å²) in [6.45, 7) is 0.416. The summed E-state index contributed by atoms with van der Waals surface area (Å²) >= 11 is 0. The highest BCUT2D eigenvalue weighted by molar-refractivity contribution is 5.76. The van der Waals surface area contributed by atoms with Crippen LogP contribution in [-0.4, -0.2) is 21.0 Å². The normalized spacial score (nSPS) is 11.7. The number of nitrogens with zero attached hydrogens (tertiary/aromatic N) is 4. The first kappa shape index (κ1) is 8.47. The third kappa shape index (κ3) is 1.92. The number of guanidine groups is 1. The van der Waals surface area contributed by atoms with Crippen LogP contribution in [0.4, 0.5) is 0 Å². The summed E-state index contributed by atoms with van der Waals surface area (Å²) in [6.07, 6.45) is 1.62. The first-order chi connectivity index (χ1) is 5.74. The van der Waals surface area contributed by atoms with Crippen molar-refractivity contribution in [3.05, 3.63) is 11.9 Å². The monoisotopic (exact) mass is 169 g/mol. The third-order valence-electron chi connectivity index (χ3n) is 1.37. The molecule has 1 heterocycles. The second kappa shape index (κ2) is 3.67. The minimum atomic E-state index is 0.191. The van der Waals surface area contributed by atoms with Crippen LogP contribution < -0.4 is 17.0 Å². The zero-order valence-electron chi connectivity index (χ0n) is 6.73. The Kier molecular flexibility index (Phi) is 2.59. The third-order valence-corrected chi connectivity index (χ3v) is 1.37. The topological polar surface area (TPSA) is 107 Å². The van der Waals surface area contributed by atoms with Crippen LogP contribution in [0.1, 0.15) is 5.69 Å². The van der Waals surface area contributed by atoms with E-state index in [0.29, 0.717) is 6.54 Å². The molecule has 0 amide bonds. The first-order valence-corrected chi connectivity index (χ1v) is 3.34. The summed E-state index contributed by atoms with van der Waals surface area (Å²) < 4.78 is 1.62. The summed E-state index contributed by atoms with van der Waals surface area (Å²) in [7, 11) is 1.78. The molecule has 0 saturated carbocycles. The fourth-order valence-corrected chi connectivity index (χ4v) is 0.666. The molecule has 5 N–H and O–H groups in total. The van der Waals surface area contributed by atoms with Crippen LogP contribution in [0.3, 0.4) is 0 Å². The molecule has 66 valence electrons. The zero-order chi connectivity index (χ0) is 8.97. The van der Waals surface area contributed by atoms with Crippen molar-refractivity contribution in [2.45, 2.75) is 6.54 Å². The van der Waals surface area contributed by atoms with Crippen LogP contribution in [0.15, 0.2) is 11.2 Å². The van der Waals surface area contributed by atoms with Crippen LogP contribution >= 0.6 is 0 Å². The molecule has 7 heteroatoms. The van der Waals surface area contributed by atoms with Gasteiger partial charge in [0.05, 0.1) is 18.4 Å². The van der Waals surface area contributed by atoms with Gasteiger partial charge in [-0.05, 0) is 0 Å². The lowest BCUT2D eigenvalue weighted by Crippen LogP contribution is -2.37. The molecule has 0 atom stereocenters. The van der Waals surface area contributed by atoms with Gasteiger partial charge in [-0.15, -0.1) is 5.10 Å². The molecule has 0 aliphatic heterocycles. The summed E-state index contributed by atoms with van der Waals surface area (Å²) in [5, 5.41) is 7.40. The molecule has 0 aromatic carbocycles.